The van der Waals surface area contributed by atoms with Crippen LogP contribution in [0, 0.1) is 6.92 Å². The Bertz CT molecular complexity index is 1270. The number of H-pyrrole nitrogens is 1. The second kappa shape index (κ2) is 9.20. The quantitative estimate of drug-likeness (QED) is 0.449. The molecule has 1 saturated heterocycles. The van der Waals surface area contributed by atoms with E-state index in [1.165, 1.54) is 16.5 Å². The van der Waals surface area contributed by atoms with Crippen molar-refractivity contribution >= 4 is 10.9 Å². The Morgan fingerprint density at radius 1 is 1.06 bits per heavy atom. The van der Waals surface area contributed by atoms with Crippen LogP contribution in [0.1, 0.15) is 80.9 Å². The fourth-order valence-electron chi connectivity index (χ4n) is 6.31. The first-order valence-electron chi connectivity index (χ1n) is 13.1. The second-order valence-corrected chi connectivity index (χ2v) is 11.0. The molecule has 5 rings (SSSR count). The molecule has 2 aromatic heterocycles. The highest BCUT2D eigenvalue weighted by Crippen LogP contribution is 2.40. The minimum atomic E-state index is -2.46. The van der Waals surface area contributed by atoms with Crippen molar-refractivity contribution < 1.29 is 8.78 Å². The van der Waals surface area contributed by atoms with E-state index in [1.807, 2.05) is 19.2 Å². The molecule has 1 saturated carbocycles. The first-order chi connectivity index (χ1) is 16.6. The minimum Gasteiger partial charge on any atom is -0.354 e. The molecule has 35 heavy (non-hydrogen) atoms. The van der Waals surface area contributed by atoms with E-state index < -0.39 is 5.92 Å². The lowest BCUT2D eigenvalue weighted by atomic mass is 9.85. The van der Waals surface area contributed by atoms with Crippen molar-refractivity contribution in [3.63, 3.8) is 0 Å². The third-order valence-corrected chi connectivity index (χ3v) is 8.42. The van der Waals surface area contributed by atoms with Crippen molar-refractivity contribution in [2.45, 2.75) is 83.1 Å². The molecule has 0 atom stereocenters. The van der Waals surface area contributed by atoms with Gasteiger partial charge in [0.05, 0.1) is 5.69 Å². The van der Waals surface area contributed by atoms with E-state index in [1.54, 1.807) is 11.6 Å². The van der Waals surface area contributed by atoms with Gasteiger partial charge >= 0.3 is 0 Å². The van der Waals surface area contributed by atoms with Crippen LogP contribution in [0.2, 0.25) is 0 Å². The lowest BCUT2D eigenvalue weighted by Gasteiger charge is -2.40. The number of likely N-dealkylation sites (tertiary alicyclic amines) is 1. The number of nitrogens with zero attached hydrogens (tertiary/aromatic N) is 2. The number of aromatic amines is 1. The summed E-state index contributed by atoms with van der Waals surface area (Å²) < 4.78 is 28.8. The van der Waals surface area contributed by atoms with Crippen molar-refractivity contribution in [1.29, 1.82) is 0 Å². The van der Waals surface area contributed by atoms with E-state index in [0.717, 1.165) is 48.3 Å². The third kappa shape index (κ3) is 4.57. The molecule has 2 aliphatic rings. The summed E-state index contributed by atoms with van der Waals surface area (Å²) in [4.78, 5) is 18.7. The number of hydrogen-bond acceptors (Lipinski definition) is 2. The molecular formula is C29H37F2N3O. The summed E-state index contributed by atoms with van der Waals surface area (Å²) >= 11 is 0. The maximum absolute atomic E-state index is 13.6. The van der Waals surface area contributed by atoms with E-state index >= 15 is 0 Å². The first-order valence-corrected chi connectivity index (χ1v) is 13.1. The molecular weight excluding hydrogens is 444 g/mol. The molecule has 6 heteroatoms. The number of pyridine rings is 1. The molecule has 2 fully saturated rings. The Morgan fingerprint density at radius 3 is 2.40 bits per heavy atom. The number of nitrogens with one attached hydrogen (secondary N) is 1. The van der Waals surface area contributed by atoms with Gasteiger partial charge in [0.2, 0.25) is 5.92 Å². The van der Waals surface area contributed by atoms with Gasteiger partial charge in [-0.15, -0.1) is 0 Å². The van der Waals surface area contributed by atoms with Crippen molar-refractivity contribution in [2.24, 2.45) is 7.05 Å². The SMILES string of the molecule is Cc1c(-c2[nH]c3ccc(C4CCN(C5CCC(F)(F)CC5)CC4)cc3c2C(C)C)ccn(C)c1=O. The molecule has 0 spiro atoms. The topological polar surface area (TPSA) is 41.0 Å². The zero-order valence-electron chi connectivity index (χ0n) is 21.3. The monoisotopic (exact) mass is 481 g/mol. The van der Waals surface area contributed by atoms with E-state index in [4.69, 9.17) is 0 Å². The van der Waals surface area contributed by atoms with E-state index in [0.29, 0.717) is 30.7 Å². The highest BCUT2D eigenvalue weighted by Gasteiger charge is 2.37. The predicted octanol–water partition coefficient (Wildman–Crippen LogP) is 6.72. The summed E-state index contributed by atoms with van der Waals surface area (Å²) in [5.41, 5.74) is 6.54. The van der Waals surface area contributed by atoms with Crippen LogP contribution in [-0.2, 0) is 7.05 Å². The van der Waals surface area contributed by atoms with Gasteiger partial charge in [0, 0.05) is 54.2 Å². The van der Waals surface area contributed by atoms with Crippen molar-refractivity contribution in [3.05, 3.63) is 57.5 Å². The molecule has 3 heterocycles. The third-order valence-electron chi connectivity index (χ3n) is 8.42. The molecule has 4 nitrogen and oxygen atoms in total. The number of hydrogen-bond donors (Lipinski definition) is 1. The number of piperidine rings is 1. The van der Waals surface area contributed by atoms with Gasteiger partial charge in [-0.25, -0.2) is 8.78 Å². The van der Waals surface area contributed by atoms with Crippen LogP contribution in [-0.4, -0.2) is 39.5 Å². The second-order valence-electron chi connectivity index (χ2n) is 11.0. The molecule has 188 valence electrons. The Hall–Kier alpha value is -2.47. The number of halogens is 2. The summed E-state index contributed by atoms with van der Waals surface area (Å²) in [6, 6.07) is 9.13. The molecule has 0 unspecified atom stereocenters. The molecule has 1 aliphatic heterocycles. The molecule has 0 bridgehead atoms. The van der Waals surface area contributed by atoms with E-state index in [9.17, 15) is 13.6 Å². The van der Waals surface area contributed by atoms with Crippen molar-refractivity contribution in [2.75, 3.05) is 13.1 Å². The number of aromatic nitrogens is 2. The van der Waals surface area contributed by atoms with Gasteiger partial charge in [-0.3, -0.25) is 4.79 Å². The van der Waals surface area contributed by atoms with E-state index in [-0.39, 0.29) is 18.4 Å². The molecule has 3 aromatic rings. The number of alkyl halides is 2. The van der Waals surface area contributed by atoms with E-state index in [2.05, 4.69) is 41.9 Å². The number of aryl methyl sites for hydroxylation is 1. The summed E-state index contributed by atoms with van der Waals surface area (Å²) in [7, 11) is 1.79. The predicted molar refractivity (Wildman–Crippen MR) is 139 cm³/mol. The van der Waals surface area contributed by atoms with Gasteiger partial charge < -0.3 is 14.5 Å². The summed E-state index contributed by atoms with van der Waals surface area (Å²) in [5, 5.41) is 1.24. The maximum atomic E-state index is 13.6. The van der Waals surface area contributed by atoms with Gasteiger partial charge in [-0.2, -0.15) is 0 Å². The van der Waals surface area contributed by atoms with Crippen molar-refractivity contribution in [1.82, 2.24) is 14.5 Å². The van der Waals surface area contributed by atoms with Gasteiger partial charge in [0.1, 0.15) is 0 Å². The van der Waals surface area contributed by atoms with Crippen LogP contribution >= 0.6 is 0 Å². The Labute approximate surface area is 206 Å². The number of benzene rings is 1. The Kier molecular flexibility index (Phi) is 6.37. The normalized spacial score (nSPS) is 20.2. The maximum Gasteiger partial charge on any atom is 0.253 e. The lowest BCUT2D eigenvalue weighted by molar-refractivity contribution is -0.0558. The highest BCUT2D eigenvalue weighted by molar-refractivity contribution is 5.92. The lowest BCUT2D eigenvalue weighted by Crippen LogP contribution is -2.44. The van der Waals surface area contributed by atoms with Crippen LogP contribution in [0.4, 0.5) is 8.78 Å². The fraction of sp³-hybridized carbons (Fsp3) is 0.552. The molecule has 0 radical (unpaired) electrons. The molecule has 1 aliphatic carbocycles. The number of rotatable bonds is 4. The van der Waals surface area contributed by atoms with Gasteiger partial charge in [0.25, 0.3) is 5.56 Å². The largest absolute Gasteiger partial charge is 0.354 e. The highest BCUT2D eigenvalue weighted by atomic mass is 19.3. The van der Waals surface area contributed by atoms with Crippen LogP contribution in [0.3, 0.4) is 0 Å². The molecule has 1 aromatic carbocycles. The molecule has 0 amide bonds. The zero-order valence-corrected chi connectivity index (χ0v) is 21.3. The van der Waals surface area contributed by atoms with Crippen LogP contribution in [0.5, 0.6) is 0 Å². The van der Waals surface area contributed by atoms with Gasteiger partial charge in [-0.05, 0) is 86.9 Å². The van der Waals surface area contributed by atoms with Crippen LogP contribution in [0.15, 0.2) is 35.3 Å². The van der Waals surface area contributed by atoms with Crippen molar-refractivity contribution in [3.8, 4) is 11.3 Å². The summed E-state index contributed by atoms with van der Waals surface area (Å²) in [6.07, 6.45) is 5.29. The zero-order chi connectivity index (χ0) is 24.9. The average Bonchev–Trinajstić information content (AvgIpc) is 3.21. The average molecular weight is 482 g/mol. The number of fused-ring (bicyclic) bond motifs is 1. The smallest absolute Gasteiger partial charge is 0.253 e. The first kappa shape index (κ1) is 24.2. The minimum absolute atomic E-state index is 0.0324. The van der Waals surface area contributed by atoms with Crippen LogP contribution < -0.4 is 5.56 Å². The Morgan fingerprint density at radius 2 is 1.74 bits per heavy atom. The summed E-state index contributed by atoms with van der Waals surface area (Å²) in [6.45, 7) is 8.30. The summed E-state index contributed by atoms with van der Waals surface area (Å²) in [5.74, 6) is -1.66. The standard InChI is InChI=1S/C29H37F2N3O/c1-18(2)26-24-17-21(20-9-15-34(16-10-20)22-7-12-29(30,31)13-8-22)5-6-25(24)32-27(26)23-11-14-33(4)28(35)19(23)3/h5-6,11,14,17-18,20,22,32H,7-10,12-13,15-16H2,1-4H3. The Balaban J connectivity index is 1.40. The van der Waals surface area contributed by atoms with Crippen LogP contribution in [0.25, 0.3) is 22.2 Å². The van der Waals surface area contributed by atoms with Gasteiger partial charge in [0.15, 0.2) is 0 Å². The fourth-order valence-corrected chi connectivity index (χ4v) is 6.31. The molecule has 1 N–H and O–H groups in total. The van der Waals surface area contributed by atoms with Gasteiger partial charge in [-0.1, -0.05) is 19.9 Å².